The molecule has 1 N–H and O–H groups in total. The fourth-order valence-electron chi connectivity index (χ4n) is 3.34. The Morgan fingerprint density at radius 1 is 1.26 bits per heavy atom. The highest BCUT2D eigenvalue weighted by atomic mass is 16.1. The van der Waals surface area contributed by atoms with E-state index in [0.717, 1.165) is 30.8 Å². The summed E-state index contributed by atoms with van der Waals surface area (Å²) >= 11 is 0. The summed E-state index contributed by atoms with van der Waals surface area (Å²) < 4.78 is 0. The third-order valence-electron chi connectivity index (χ3n) is 4.89. The van der Waals surface area contributed by atoms with Crippen molar-refractivity contribution in [3.63, 3.8) is 0 Å². The minimum absolute atomic E-state index is 0.0464. The summed E-state index contributed by atoms with van der Waals surface area (Å²) in [4.78, 5) is 14.5. The van der Waals surface area contributed by atoms with E-state index in [1.165, 1.54) is 5.56 Å². The van der Waals surface area contributed by atoms with Gasteiger partial charge in [0.25, 0.3) is 0 Å². The molecule has 3 rings (SSSR count). The van der Waals surface area contributed by atoms with Crippen LogP contribution < -0.4 is 10.2 Å². The van der Waals surface area contributed by atoms with Crippen LogP contribution in [0.2, 0.25) is 0 Å². The average Bonchev–Trinajstić information content (AvgIpc) is 2.68. The number of carbonyl (C=O) groups is 1. The fourth-order valence-corrected chi connectivity index (χ4v) is 3.34. The molecule has 0 aliphatic carbocycles. The summed E-state index contributed by atoms with van der Waals surface area (Å²) in [6.45, 7) is 5.91. The largest absolute Gasteiger partial charge is 0.353 e. The van der Waals surface area contributed by atoms with Crippen molar-refractivity contribution in [1.29, 1.82) is 5.26 Å². The number of hydrogen-bond acceptors (Lipinski definition) is 5. The molecule has 0 bridgehead atoms. The summed E-state index contributed by atoms with van der Waals surface area (Å²) in [6.07, 6.45) is 2.33. The molecule has 1 unspecified atom stereocenters. The first kappa shape index (κ1) is 18.8. The highest BCUT2D eigenvalue weighted by Crippen LogP contribution is 2.18. The van der Waals surface area contributed by atoms with Crippen molar-refractivity contribution in [3.05, 3.63) is 53.2 Å². The van der Waals surface area contributed by atoms with E-state index in [1.54, 1.807) is 6.07 Å². The molecule has 1 aliphatic heterocycles. The van der Waals surface area contributed by atoms with Gasteiger partial charge in [-0.1, -0.05) is 38.1 Å². The lowest BCUT2D eigenvalue weighted by Crippen LogP contribution is -2.48. The van der Waals surface area contributed by atoms with E-state index in [4.69, 9.17) is 5.26 Å². The van der Waals surface area contributed by atoms with Crippen molar-refractivity contribution in [3.8, 4) is 6.07 Å². The third-order valence-corrected chi connectivity index (χ3v) is 4.89. The fraction of sp³-hybridized carbons (Fsp3) is 0.429. The molecule has 1 fully saturated rings. The van der Waals surface area contributed by atoms with Gasteiger partial charge in [0.1, 0.15) is 6.07 Å². The molecule has 2 heterocycles. The van der Waals surface area contributed by atoms with Gasteiger partial charge < -0.3 is 10.2 Å². The van der Waals surface area contributed by atoms with Crippen LogP contribution in [0.1, 0.15) is 49.4 Å². The number of piperidine rings is 1. The van der Waals surface area contributed by atoms with Gasteiger partial charge in [0.15, 0.2) is 11.5 Å². The summed E-state index contributed by atoms with van der Waals surface area (Å²) in [5.74, 6) is 1.29. The topological polar surface area (TPSA) is 81.9 Å². The Hall–Kier alpha value is -2.94. The third kappa shape index (κ3) is 5.04. The standard InChI is InChI=1S/C21H25N5O/c1-15(2)17-7-5-16(6-8-17)12-21(27)23-19-4-3-11-26(14-19)20-10-9-18(13-22)24-25-20/h5-10,15,19H,3-4,11-12,14H2,1-2H3,(H,23,27). The quantitative estimate of drug-likeness (QED) is 0.883. The second-order valence-corrected chi connectivity index (χ2v) is 7.31. The number of amides is 1. The SMILES string of the molecule is CC(C)c1ccc(CC(=O)NC2CCCN(c3ccc(C#N)nn3)C2)cc1. The molecule has 2 aromatic rings. The van der Waals surface area contributed by atoms with Crippen LogP contribution in [0, 0.1) is 11.3 Å². The maximum absolute atomic E-state index is 12.4. The lowest BCUT2D eigenvalue weighted by atomic mass is 10.0. The summed E-state index contributed by atoms with van der Waals surface area (Å²) in [7, 11) is 0. The Kier molecular flexibility index (Phi) is 6.02. The zero-order chi connectivity index (χ0) is 19.2. The predicted molar refractivity (Wildman–Crippen MR) is 104 cm³/mol. The summed E-state index contributed by atoms with van der Waals surface area (Å²) in [5, 5.41) is 20.0. The molecule has 6 nitrogen and oxygen atoms in total. The first-order valence-electron chi connectivity index (χ1n) is 9.42. The first-order chi connectivity index (χ1) is 13.0. The van der Waals surface area contributed by atoms with Gasteiger partial charge in [-0.2, -0.15) is 5.26 Å². The molecule has 1 atom stereocenters. The van der Waals surface area contributed by atoms with Gasteiger partial charge in [0, 0.05) is 19.1 Å². The maximum atomic E-state index is 12.4. The first-order valence-corrected chi connectivity index (χ1v) is 9.42. The van der Waals surface area contributed by atoms with Crippen molar-refractivity contribution in [2.45, 2.75) is 45.1 Å². The molecule has 1 aromatic carbocycles. The molecule has 27 heavy (non-hydrogen) atoms. The average molecular weight is 363 g/mol. The number of hydrogen-bond donors (Lipinski definition) is 1. The van der Waals surface area contributed by atoms with Crippen LogP contribution in [0.4, 0.5) is 5.82 Å². The highest BCUT2D eigenvalue weighted by molar-refractivity contribution is 5.79. The Balaban J connectivity index is 1.55. The number of carbonyl (C=O) groups excluding carboxylic acids is 1. The number of nitriles is 1. The number of rotatable bonds is 5. The zero-order valence-corrected chi connectivity index (χ0v) is 15.9. The van der Waals surface area contributed by atoms with Crippen molar-refractivity contribution >= 4 is 11.7 Å². The maximum Gasteiger partial charge on any atom is 0.224 e. The molecule has 1 saturated heterocycles. The van der Waals surface area contributed by atoms with Gasteiger partial charge in [-0.15, -0.1) is 10.2 Å². The van der Waals surface area contributed by atoms with E-state index in [2.05, 4.69) is 46.4 Å². The van der Waals surface area contributed by atoms with Crippen LogP contribution in [0.25, 0.3) is 0 Å². The Labute approximate surface area is 160 Å². The second kappa shape index (κ2) is 8.63. The van der Waals surface area contributed by atoms with Gasteiger partial charge in [0.05, 0.1) is 6.42 Å². The molecule has 0 spiro atoms. The molecule has 1 aliphatic rings. The second-order valence-electron chi connectivity index (χ2n) is 7.31. The number of benzene rings is 1. The zero-order valence-electron chi connectivity index (χ0n) is 15.9. The van der Waals surface area contributed by atoms with Crippen LogP contribution in [0.3, 0.4) is 0 Å². The lowest BCUT2D eigenvalue weighted by Gasteiger charge is -2.33. The molecule has 1 aromatic heterocycles. The van der Waals surface area contributed by atoms with E-state index in [9.17, 15) is 4.79 Å². The van der Waals surface area contributed by atoms with Gasteiger partial charge >= 0.3 is 0 Å². The van der Waals surface area contributed by atoms with Crippen LogP contribution in [0.15, 0.2) is 36.4 Å². The van der Waals surface area contributed by atoms with E-state index >= 15 is 0 Å². The van der Waals surface area contributed by atoms with Gasteiger partial charge in [-0.3, -0.25) is 4.79 Å². The lowest BCUT2D eigenvalue weighted by molar-refractivity contribution is -0.121. The van der Waals surface area contributed by atoms with Gasteiger partial charge in [0.2, 0.25) is 5.91 Å². The molecular weight excluding hydrogens is 338 g/mol. The van der Waals surface area contributed by atoms with Crippen LogP contribution >= 0.6 is 0 Å². The normalized spacial score (nSPS) is 16.8. The molecule has 6 heteroatoms. The smallest absolute Gasteiger partial charge is 0.224 e. The van der Waals surface area contributed by atoms with E-state index in [1.807, 2.05) is 24.3 Å². The van der Waals surface area contributed by atoms with Crippen molar-refractivity contribution in [2.24, 2.45) is 0 Å². The monoisotopic (exact) mass is 363 g/mol. The molecule has 0 radical (unpaired) electrons. The van der Waals surface area contributed by atoms with E-state index in [-0.39, 0.29) is 11.9 Å². The van der Waals surface area contributed by atoms with Crippen molar-refractivity contribution in [2.75, 3.05) is 18.0 Å². The van der Waals surface area contributed by atoms with Crippen molar-refractivity contribution < 1.29 is 4.79 Å². The van der Waals surface area contributed by atoms with E-state index < -0.39 is 0 Å². The Bertz CT molecular complexity index is 808. The molecule has 1 amide bonds. The Morgan fingerprint density at radius 2 is 2.04 bits per heavy atom. The molecular formula is C21H25N5O. The molecule has 140 valence electrons. The summed E-state index contributed by atoms with van der Waals surface area (Å²) in [6, 6.07) is 13.8. The Morgan fingerprint density at radius 3 is 2.67 bits per heavy atom. The summed E-state index contributed by atoms with van der Waals surface area (Å²) in [5.41, 5.74) is 2.62. The number of aromatic nitrogens is 2. The number of nitrogens with zero attached hydrogens (tertiary/aromatic N) is 4. The molecule has 0 saturated carbocycles. The minimum Gasteiger partial charge on any atom is -0.353 e. The van der Waals surface area contributed by atoms with E-state index in [0.29, 0.717) is 24.6 Å². The van der Waals surface area contributed by atoms with Gasteiger partial charge in [-0.25, -0.2) is 0 Å². The van der Waals surface area contributed by atoms with Crippen LogP contribution in [0.5, 0.6) is 0 Å². The van der Waals surface area contributed by atoms with Crippen molar-refractivity contribution in [1.82, 2.24) is 15.5 Å². The van der Waals surface area contributed by atoms with Crippen LogP contribution in [-0.2, 0) is 11.2 Å². The number of nitrogens with one attached hydrogen (secondary N) is 1. The van der Waals surface area contributed by atoms with Gasteiger partial charge in [-0.05, 0) is 42.0 Å². The minimum atomic E-state index is 0.0464. The highest BCUT2D eigenvalue weighted by Gasteiger charge is 2.22. The van der Waals surface area contributed by atoms with Crippen LogP contribution in [-0.4, -0.2) is 35.2 Å². The predicted octanol–water partition coefficient (Wildman–Crippen LogP) is 2.80. The number of anilines is 1.